The highest BCUT2D eigenvalue weighted by atomic mass is 35.5. The molecule has 2 heterocycles. The lowest BCUT2D eigenvalue weighted by Gasteiger charge is -2.30. The molecule has 1 aliphatic heterocycles. The normalized spacial score (nSPS) is 14.1. The number of benzene rings is 1. The molecule has 1 aliphatic rings. The molecular weight excluding hydrogens is 311 g/mol. The quantitative estimate of drug-likeness (QED) is 0.920. The summed E-state index contributed by atoms with van der Waals surface area (Å²) in [7, 11) is 0. The molecule has 2 aromatic rings. The molecule has 0 saturated heterocycles. The molecule has 0 saturated carbocycles. The number of carbonyl (C=O) groups is 1. The molecule has 1 aromatic heterocycles. The Bertz CT molecular complexity index is 819. The van der Waals surface area contributed by atoms with Crippen molar-refractivity contribution in [2.24, 2.45) is 0 Å². The van der Waals surface area contributed by atoms with Crippen molar-refractivity contribution in [3.63, 3.8) is 0 Å². The zero-order valence-electron chi connectivity index (χ0n) is 11.4. The predicted octanol–water partition coefficient (Wildman–Crippen LogP) is 2.00. The Hall–Kier alpha value is -2.34. The maximum atomic E-state index is 13.9. The van der Waals surface area contributed by atoms with Gasteiger partial charge in [-0.25, -0.2) is 4.39 Å². The van der Waals surface area contributed by atoms with Crippen LogP contribution in [0.15, 0.2) is 35.3 Å². The summed E-state index contributed by atoms with van der Waals surface area (Å²) in [5.74, 6) is -1.66. The number of aromatic hydroxyl groups is 1. The molecule has 0 bridgehead atoms. The molecule has 0 spiro atoms. The molecule has 0 aliphatic carbocycles. The molecule has 0 radical (unpaired) electrons. The van der Waals surface area contributed by atoms with Crippen LogP contribution in [0, 0.1) is 5.82 Å². The second-order valence-corrected chi connectivity index (χ2v) is 5.42. The summed E-state index contributed by atoms with van der Waals surface area (Å²) in [4.78, 5) is 25.3. The number of amides is 1. The summed E-state index contributed by atoms with van der Waals surface area (Å²) in [6.07, 6.45) is 1.46. The van der Waals surface area contributed by atoms with Gasteiger partial charge in [-0.15, -0.1) is 0 Å². The molecule has 7 heteroatoms. The van der Waals surface area contributed by atoms with E-state index in [0.29, 0.717) is 13.1 Å². The molecule has 114 valence electrons. The number of aromatic nitrogens is 1. The van der Waals surface area contributed by atoms with E-state index in [1.54, 1.807) is 12.1 Å². The van der Waals surface area contributed by atoms with Gasteiger partial charge in [-0.05, 0) is 6.07 Å². The van der Waals surface area contributed by atoms with E-state index in [1.165, 1.54) is 27.8 Å². The van der Waals surface area contributed by atoms with Crippen LogP contribution in [0.25, 0.3) is 0 Å². The summed E-state index contributed by atoms with van der Waals surface area (Å²) in [5.41, 5.74) is -0.399. The zero-order valence-corrected chi connectivity index (χ0v) is 12.2. The Kier molecular flexibility index (Phi) is 3.62. The molecule has 1 N–H and O–H groups in total. The molecule has 0 fully saturated rings. The first-order valence-corrected chi connectivity index (χ1v) is 7.01. The fraction of sp³-hybridized carbons (Fsp3) is 0.200. The number of pyridine rings is 1. The minimum atomic E-state index is -0.615. The van der Waals surface area contributed by atoms with Crippen molar-refractivity contribution in [2.45, 2.75) is 13.1 Å². The standard InChI is InChI=1S/C15H12ClFN2O3/c16-10-3-1-2-9(12(10)17)8-19-7-6-18-5-4-11(20)14(21)13(18)15(19)22/h1-5,21H,6-8H2. The van der Waals surface area contributed by atoms with Crippen LogP contribution in [0.5, 0.6) is 5.75 Å². The highest BCUT2D eigenvalue weighted by molar-refractivity contribution is 6.30. The van der Waals surface area contributed by atoms with Crippen LogP contribution in [0.3, 0.4) is 0 Å². The Morgan fingerprint density at radius 1 is 1.23 bits per heavy atom. The first kappa shape index (κ1) is 14.6. The average Bonchev–Trinajstić information content (AvgIpc) is 2.50. The number of fused-ring (bicyclic) bond motifs is 1. The minimum Gasteiger partial charge on any atom is -0.503 e. The van der Waals surface area contributed by atoms with E-state index < -0.39 is 22.9 Å². The van der Waals surface area contributed by atoms with Crippen molar-refractivity contribution < 1.29 is 14.3 Å². The van der Waals surface area contributed by atoms with Gasteiger partial charge >= 0.3 is 0 Å². The van der Waals surface area contributed by atoms with Gasteiger partial charge in [0, 0.05) is 37.5 Å². The van der Waals surface area contributed by atoms with Crippen LogP contribution in [0.4, 0.5) is 4.39 Å². The van der Waals surface area contributed by atoms with Crippen LogP contribution in [0.1, 0.15) is 16.1 Å². The van der Waals surface area contributed by atoms with Crippen molar-refractivity contribution in [1.82, 2.24) is 9.47 Å². The van der Waals surface area contributed by atoms with E-state index in [1.807, 2.05) is 0 Å². The van der Waals surface area contributed by atoms with Crippen molar-refractivity contribution in [3.05, 3.63) is 62.8 Å². The van der Waals surface area contributed by atoms with E-state index in [2.05, 4.69) is 0 Å². The Balaban J connectivity index is 1.95. The van der Waals surface area contributed by atoms with Gasteiger partial charge in [0.1, 0.15) is 5.82 Å². The predicted molar refractivity (Wildman–Crippen MR) is 78.5 cm³/mol. The Labute approximate surface area is 130 Å². The van der Waals surface area contributed by atoms with Gasteiger partial charge in [0.15, 0.2) is 11.4 Å². The van der Waals surface area contributed by atoms with Crippen LogP contribution in [-0.4, -0.2) is 27.0 Å². The summed E-state index contributed by atoms with van der Waals surface area (Å²) in [5, 5.41) is 9.81. The highest BCUT2D eigenvalue weighted by Gasteiger charge is 2.28. The fourth-order valence-corrected chi connectivity index (χ4v) is 2.68. The Morgan fingerprint density at radius 2 is 2.00 bits per heavy atom. The smallest absolute Gasteiger partial charge is 0.274 e. The monoisotopic (exact) mass is 322 g/mol. The third-order valence-electron chi connectivity index (χ3n) is 3.64. The van der Waals surface area contributed by atoms with E-state index in [9.17, 15) is 19.1 Å². The van der Waals surface area contributed by atoms with Crippen LogP contribution >= 0.6 is 11.6 Å². The second kappa shape index (κ2) is 5.46. The molecule has 5 nitrogen and oxygen atoms in total. The largest absolute Gasteiger partial charge is 0.503 e. The van der Waals surface area contributed by atoms with Gasteiger partial charge in [0.2, 0.25) is 5.43 Å². The highest BCUT2D eigenvalue weighted by Crippen LogP contribution is 2.23. The summed E-state index contributed by atoms with van der Waals surface area (Å²) >= 11 is 5.73. The molecule has 1 amide bonds. The second-order valence-electron chi connectivity index (χ2n) is 5.01. The van der Waals surface area contributed by atoms with Crippen molar-refractivity contribution >= 4 is 17.5 Å². The number of nitrogens with zero attached hydrogens (tertiary/aromatic N) is 2. The number of halogens is 2. The van der Waals surface area contributed by atoms with Crippen molar-refractivity contribution in [2.75, 3.05) is 6.54 Å². The van der Waals surface area contributed by atoms with Crippen LogP contribution in [0.2, 0.25) is 5.02 Å². The van der Waals surface area contributed by atoms with Gasteiger partial charge in [-0.2, -0.15) is 0 Å². The molecule has 1 aromatic carbocycles. The molecule has 0 unspecified atom stereocenters. The summed E-state index contributed by atoms with van der Waals surface area (Å²) < 4.78 is 15.5. The third-order valence-corrected chi connectivity index (χ3v) is 3.94. The van der Waals surface area contributed by atoms with Gasteiger partial charge in [0.05, 0.1) is 5.02 Å². The number of hydrogen-bond donors (Lipinski definition) is 1. The van der Waals surface area contributed by atoms with Gasteiger partial charge in [-0.1, -0.05) is 23.7 Å². The summed E-state index contributed by atoms with van der Waals surface area (Å²) in [6, 6.07) is 5.78. The van der Waals surface area contributed by atoms with Gasteiger partial charge in [0.25, 0.3) is 5.91 Å². The lowest BCUT2D eigenvalue weighted by atomic mass is 10.1. The fourth-order valence-electron chi connectivity index (χ4n) is 2.48. The number of rotatable bonds is 2. The number of carbonyl (C=O) groups excluding carboxylic acids is 1. The van der Waals surface area contributed by atoms with Gasteiger partial charge < -0.3 is 14.6 Å². The maximum absolute atomic E-state index is 13.9. The first-order valence-electron chi connectivity index (χ1n) is 6.63. The topological polar surface area (TPSA) is 62.5 Å². The molecular formula is C15H12ClFN2O3. The maximum Gasteiger partial charge on any atom is 0.274 e. The average molecular weight is 323 g/mol. The first-order chi connectivity index (χ1) is 10.5. The van der Waals surface area contributed by atoms with E-state index in [0.717, 1.165) is 0 Å². The lowest BCUT2D eigenvalue weighted by molar-refractivity contribution is 0.0681. The minimum absolute atomic E-state index is 0.0126. The SMILES string of the molecule is O=C1c2c(O)c(=O)ccn2CCN1Cc1cccc(Cl)c1F. The van der Waals surface area contributed by atoms with E-state index in [-0.39, 0.29) is 22.8 Å². The van der Waals surface area contributed by atoms with Crippen molar-refractivity contribution in [1.29, 1.82) is 0 Å². The molecule has 3 rings (SSSR count). The van der Waals surface area contributed by atoms with Crippen LogP contribution < -0.4 is 5.43 Å². The zero-order chi connectivity index (χ0) is 15.9. The number of hydrogen-bond acceptors (Lipinski definition) is 3. The molecule has 0 atom stereocenters. The summed E-state index contributed by atoms with van der Waals surface area (Å²) in [6.45, 7) is 0.783. The van der Waals surface area contributed by atoms with Crippen molar-refractivity contribution in [3.8, 4) is 5.75 Å². The van der Waals surface area contributed by atoms with Gasteiger partial charge in [-0.3, -0.25) is 9.59 Å². The Morgan fingerprint density at radius 3 is 2.77 bits per heavy atom. The molecule has 22 heavy (non-hydrogen) atoms. The van der Waals surface area contributed by atoms with E-state index >= 15 is 0 Å². The van der Waals surface area contributed by atoms with Crippen LogP contribution in [-0.2, 0) is 13.1 Å². The lowest BCUT2D eigenvalue weighted by Crippen LogP contribution is -2.41. The third kappa shape index (κ3) is 2.35. The van der Waals surface area contributed by atoms with E-state index in [4.69, 9.17) is 11.6 Å².